The summed E-state index contributed by atoms with van der Waals surface area (Å²) in [6.07, 6.45) is 1.84. The lowest BCUT2D eigenvalue weighted by Crippen LogP contribution is -1.78. The van der Waals surface area contributed by atoms with Crippen molar-refractivity contribution in [1.82, 2.24) is 4.98 Å². The second-order valence-corrected chi connectivity index (χ2v) is 3.84. The lowest BCUT2D eigenvalue weighted by atomic mass is 10.1. The summed E-state index contributed by atoms with van der Waals surface area (Å²) in [7, 11) is 0. The van der Waals surface area contributed by atoms with E-state index in [1.165, 1.54) is 16.5 Å². The van der Waals surface area contributed by atoms with Gasteiger partial charge in [-0.15, -0.1) is 11.3 Å². The second-order valence-electron chi connectivity index (χ2n) is 2.99. The lowest BCUT2D eigenvalue weighted by molar-refractivity contribution is 1.44. The fraction of sp³-hybridized carbons (Fsp3) is 0. The van der Waals surface area contributed by atoms with Gasteiger partial charge in [0, 0.05) is 17.0 Å². The third-order valence-corrected chi connectivity index (χ3v) is 3.13. The number of hydrogen-bond donors (Lipinski definition) is 0. The van der Waals surface area contributed by atoms with Crippen LogP contribution in [0.2, 0.25) is 0 Å². The molecule has 0 aromatic carbocycles. The van der Waals surface area contributed by atoms with Crippen LogP contribution >= 0.6 is 11.3 Å². The van der Waals surface area contributed by atoms with E-state index in [0.717, 1.165) is 4.83 Å². The molecule has 0 N–H and O–H groups in total. The summed E-state index contributed by atoms with van der Waals surface area (Å²) >= 11 is 1.70. The van der Waals surface area contributed by atoms with E-state index in [1.807, 2.05) is 12.3 Å². The molecule has 1 aromatic rings. The average molecular weight is 185 g/mol. The topological polar surface area (TPSA) is 12.9 Å². The molecule has 0 saturated heterocycles. The molecular formula is C11H7NS. The first-order valence-electron chi connectivity index (χ1n) is 4.16. The largest absolute Gasteiger partial charge is 0.245 e. The predicted molar refractivity (Wildman–Crippen MR) is 56.2 cm³/mol. The molecule has 1 aromatic heterocycles. The van der Waals surface area contributed by atoms with E-state index < -0.39 is 0 Å². The summed E-state index contributed by atoms with van der Waals surface area (Å²) in [4.78, 5) is 5.44. The molecule has 2 aliphatic rings. The van der Waals surface area contributed by atoms with Crippen LogP contribution in [0.5, 0.6) is 0 Å². The summed E-state index contributed by atoms with van der Waals surface area (Å²) in [6, 6.07) is 10.5. The van der Waals surface area contributed by atoms with Crippen molar-refractivity contribution in [3.05, 3.63) is 41.9 Å². The Kier molecular flexibility index (Phi) is 1.37. The highest BCUT2D eigenvalue weighted by atomic mass is 32.1. The molecule has 0 fully saturated rings. The minimum absolute atomic E-state index is 1.11. The van der Waals surface area contributed by atoms with Gasteiger partial charge in [-0.3, -0.25) is 0 Å². The van der Waals surface area contributed by atoms with Crippen molar-refractivity contribution in [3.8, 4) is 11.1 Å². The van der Waals surface area contributed by atoms with Crippen molar-refractivity contribution in [2.24, 2.45) is 0 Å². The van der Waals surface area contributed by atoms with Crippen LogP contribution in [0, 0.1) is 0 Å². The molecule has 13 heavy (non-hydrogen) atoms. The van der Waals surface area contributed by atoms with Crippen molar-refractivity contribution in [1.29, 1.82) is 0 Å². The molecule has 0 unspecified atom stereocenters. The van der Waals surface area contributed by atoms with Gasteiger partial charge in [0.2, 0.25) is 0 Å². The molecule has 1 aliphatic heterocycles. The summed E-state index contributed by atoms with van der Waals surface area (Å²) in [6.45, 7) is 0. The Bertz CT molecular complexity index is 527. The molecule has 0 spiro atoms. The minimum atomic E-state index is 1.11. The molecule has 2 heteroatoms. The molecule has 0 amide bonds. The summed E-state index contributed by atoms with van der Waals surface area (Å²) in [5.41, 5.74) is 2.62. The van der Waals surface area contributed by atoms with Crippen molar-refractivity contribution >= 4 is 21.6 Å². The van der Waals surface area contributed by atoms with E-state index >= 15 is 0 Å². The maximum Gasteiger partial charge on any atom is 0.123 e. The molecule has 62 valence electrons. The van der Waals surface area contributed by atoms with Crippen LogP contribution in [0.15, 0.2) is 41.9 Å². The lowest BCUT2D eigenvalue weighted by Gasteiger charge is -2.01. The Labute approximate surface area is 80.0 Å². The van der Waals surface area contributed by atoms with E-state index in [0.29, 0.717) is 0 Å². The number of aromatic nitrogens is 1. The third kappa shape index (κ3) is 0.956. The standard InChI is InChI=1S/C11H7NS/c1-3-8-7-13-11-10(9(8)4-1)5-2-6-12-11/h1-7H. The molecule has 3 rings (SSSR count). The van der Waals surface area contributed by atoms with Gasteiger partial charge in [0.1, 0.15) is 4.83 Å². The molecule has 0 bridgehead atoms. The summed E-state index contributed by atoms with van der Waals surface area (Å²) < 4.78 is 0. The molecule has 0 saturated carbocycles. The van der Waals surface area contributed by atoms with Gasteiger partial charge in [-0.1, -0.05) is 18.2 Å². The highest BCUT2D eigenvalue weighted by Crippen LogP contribution is 2.32. The highest BCUT2D eigenvalue weighted by molar-refractivity contribution is 7.16. The van der Waals surface area contributed by atoms with Crippen LogP contribution in [-0.2, 0) is 0 Å². The Morgan fingerprint density at radius 1 is 1.08 bits per heavy atom. The summed E-state index contributed by atoms with van der Waals surface area (Å²) in [5.74, 6) is 0. The first-order valence-corrected chi connectivity index (χ1v) is 5.04. The predicted octanol–water partition coefficient (Wildman–Crippen LogP) is 3.40. The fourth-order valence-electron chi connectivity index (χ4n) is 1.59. The quantitative estimate of drug-likeness (QED) is 0.523. The maximum atomic E-state index is 4.33. The van der Waals surface area contributed by atoms with Gasteiger partial charge in [-0.25, -0.2) is 4.98 Å². The Balaban J connectivity index is 2.57. The SMILES string of the molecule is c1cc2csc3ncccc3c-2c1. The van der Waals surface area contributed by atoms with Gasteiger partial charge in [-0.2, -0.15) is 0 Å². The van der Waals surface area contributed by atoms with Crippen molar-refractivity contribution in [3.63, 3.8) is 0 Å². The maximum absolute atomic E-state index is 4.33. The zero-order valence-electron chi connectivity index (χ0n) is 6.90. The van der Waals surface area contributed by atoms with Gasteiger partial charge in [0.25, 0.3) is 0 Å². The molecule has 0 radical (unpaired) electrons. The number of rotatable bonds is 0. The van der Waals surface area contributed by atoms with E-state index in [4.69, 9.17) is 0 Å². The van der Waals surface area contributed by atoms with Gasteiger partial charge >= 0.3 is 0 Å². The number of nitrogens with zero attached hydrogens (tertiary/aromatic N) is 1. The number of hydrogen-bond acceptors (Lipinski definition) is 2. The smallest absolute Gasteiger partial charge is 0.123 e. The Morgan fingerprint density at radius 2 is 2.08 bits per heavy atom. The van der Waals surface area contributed by atoms with Crippen LogP contribution in [0.4, 0.5) is 0 Å². The molecule has 2 heterocycles. The van der Waals surface area contributed by atoms with E-state index in [2.05, 4.69) is 34.6 Å². The Morgan fingerprint density at radius 3 is 3.08 bits per heavy atom. The van der Waals surface area contributed by atoms with Gasteiger partial charge in [-0.05, 0) is 23.3 Å². The van der Waals surface area contributed by atoms with E-state index in [-0.39, 0.29) is 0 Å². The van der Waals surface area contributed by atoms with Gasteiger partial charge in [0.15, 0.2) is 0 Å². The first-order chi connectivity index (χ1) is 6.45. The normalized spacial score (nSPS) is 11.1. The summed E-state index contributed by atoms with van der Waals surface area (Å²) in [5, 5.41) is 3.42. The highest BCUT2D eigenvalue weighted by Gasteiger charge is 2.06. The first kappa shape index (κ1) is 7.04. The monoisotopic (exact) mass is 185 g/mol. The fourth-order valence-corrected chi connectivity index (χ4v) is 2.46. The zero-order chi connectivity index (χ0) is 8.67. The van der Waals surface area contributed by atoms with E-state index in [9.17, 15) is 0 Å². The Hall–Kier alpha value is -1.41. The van der Waals surface area contributed by atoms with Crippen LogP contribution in [0.1, 0.15) is 0 Å². The van der Waals surface area contributed by atoms with Gasteiger partial charge < -0.3 is 0 Å². The zero-order valence-corrected chi connectivity index (χ0v) is 7.71. The van der Waals surface area contributed by atoms with Gasteiger partial charge in [0.05, 0.1) is 0 Å². The van der Waals surface area contributed by atoms with Crippen molar-refractivity contribution in [2.75, 3.05) is 0 Å². The van der Waals surface area contributed by atoms with Crippen LogP contribution in [0.25, 0.3) is 21.3 Å². The number of fused-ring (bicyclic) bond motifs is 3. The molecule has 0 atom stereocenters. The van der Waals surface area contributed by atoms with Crippen LogP contribution < -0.4 is 0 Å². The molecule has 1 nitrogen and oxygen atoms in total. The third-order valence-electron chi connectivity index (χ3n) is 2.21. The molecule has 1 aliphatic carbocycles. The number of pyridine rings is 1. The van der Waals surface area contributed by atoms with Crippen LogP contribution in [-0.4, -0.2) is 4.98 Å². The minimum Gasteiger partial charge on any atom is -0.245 e. The van der Waals surface area contributed by atoms with Crippen LogP contribution in [0.3, 0.4) is 0 Å². The average Bonchev–Trinajstić information content (AvgIpc) is 2.65. The van der Waals surface area contributed by atoms with E-state index in [1.54, 1.807) is 11.3 Å². The second kappa shape index (κ2) is 2.54. The molecular weight excluding hydrogens is 178 g/mol. The van der Waals surface area contributed by atoms with Crippen molar-refractivity contribution in [2.45, 2.75) is 0 Å². The van der Waals surface area contributed by atoms with Crippen molar-refractivity contribution < 1.29 is 0 Å².